The molecule has 126 valence electrons. The number of hydrogen-bond acceptors (Lipinski definition) is 3. The zero-order valence-corrected chi connectivity index (χ0v) is 15.3. The minimum absolute atomic E-state index is 0.208. The summed E-state index contributed by atoms with van der Waals surface area (Å²) in [5, 5.41) is 0.771. The van der Waals surface area contributed by atoms with Gasteiger partial charge in [0.25, 0.3) is 0 Å². The van der Waals surface area contributed by atoms with Crippen LogP contribution >= 0.6 is 23.4 Å². The molecule has 0 saturated carbocycles. The third-order valence-corrected chi connectivity index (χ3v) is 5.53. The van der Waals surface area contributed by atoms with Crippen LogP contribution in [0.4, 0.5) is 5.69 Å². The predicted molar refractivity (Wildman–Crippen MR) is 102 cm³/mol. The van der Waals surface area contributed by atoms with Crippen LogP contribution in [-0.2, 0) is 4.79 Å². The predicted octanol–water partition coefficient (Wildman–Crippen LogP) is 4.09. The highest BCUT2D eigenvalue weighted by Gasteiger charge is 2.22. The summed E-state index contributed by atoms with van der Waals surface area (Å²) < 4.78 is 0. The molecule has 0 radical (unpaired) electrons. The summed E-state index contributed by atoms with van der Waals surface area (Å²) in [4.78, 5) is 17.8. The van der Waals surface area contributed by atoms with E-state index in [-0.39, 0.29) is 5.91 Å². The number of carbonyl (C=O) groups excluding carboxylic acids is 1. The van der Waals surface area contributed by atoms with Crippen LogP contribution in [0.2, 0.25) is 5.02 Å². The van der Waals surface area contributed by atoms with Gasteiger partial charge in [-0.3, -0.25) is 4.79 Å². The van der Waals surface area contributed by atoms with Gasteiger partial charge in [-0.15, -0.1) is 11.8 Å². The van der Waals surface area contributed by atoms with Crippen LogP contribution < -0.4 is 4.90 Å². The van der Waals surface area contributed by atoms with Crippen molar-refractivity contribution in [2.45, 2.75) is 11.8 Å². The molecule has 1 amide bonds. The lowest BCUT2D eigenvalue weighted by Gasteiger charge is -2.36. The number of carbonyl (C=O) groups is 1. The first-order valence-electron chi connectivity index (χ1n) is 8.10. The van der Waals surface area contributed by atoms with E-state index >= 15 is 0 Å². The molecule has 0 N–H and O–H groups in total. The van der Waals surface area contributed by atoms with E-state index in [0.717, 1.165) is 41.8 Å². The lowest BCUT2D eigenvalue weighted by Crippen LogP contribution is -2.49. The number of nitrogens with zero attached hydrogens (tertiary/aromatic N) is 2. The molecule has 0 bridgehead atoms. The molecule has 0 atom stereocenters. The van der Waals surface area contributed by atoms with Gasteiger partial charge in [0, 0.05) is 31.1 Å². The van der Waals surface area contributed by atoms with Gasteiger partial charge in [0.2, 0.25) is 5.91 Å². The average Bonchev–Trinajstić information content (AvgIpc) is 2.61. The van der Waals surface area contributed by atoms with Crippen LogP contribution in [0.3, 0.4) is 0 Å². The fourth-order valence-corrected chi connectivity index (χ4v) is 3.83. The lowest BCUT2D eigenvalue weighted by atomic mass is 10.2. The van der Waals surface area contributed by atoms with E-state index in [2.05, 4.69) is 36.1 Å². The first-order valence-corrected chi connectivity index (χ1v) is 9.46. The summed E-state index contributed by atoms with van der Waals surface area (Å²) in [6.07, 6.45) is 0. The van der Waals surface area contributed by atoms with E-state index in [0.29, 0.717) is 5.75 Å². The van der Waals surface area contributed by atoms with Gasteiger partial charge in [0.05, 0.1) is 16.5 Å². The summed E-state index contributed by atoms with van der Waals surface area (Å²) in [6.45, 7) is 5.21. The molecule has 0 spiro atoms. The third-order valence-electron chi connectivity index (χ3n) is 4.21. The van der Waals surface area contributed by atoms with Gasteiger partial charge in [-0.05, 0) is 31.2 Å². The second kappa shape index (κ2) is 7.95. The molecule has 3 nitrogen and oxygen atoms in total. The number of piperazine rings is 1. The highest BCUT2D eigenvalue weighted by Crippen LogP contribution is 2.26. The Hall–Kier alpha value is -1.65. The largest absolute Gasteiger partial charge is 0.367 e. The van der Waals surface area contributed by atoms with Gasteiger partial charge in [0.1, 0.15) is 0 Å². The van der Waals surface area contributed by atoms with E-state index in [1.165, 1.54) is 5.56 Å². The number of hydrogen-bond donors (Lipinski definition) is 0. The van der Waals surface area contributed by atoms with Gasteiger partial charge in [-0.25, -0.2) is 0 Å². The average molecular weight is 361 g/mol. The molecule has 1 aliphatic heterocycles. The van der Waals surface area contributed by atoms with Crippen molar-refractivity contribution in [2.75, 3.05) is 36.8 Å². The maximum absolute atomic E-state index is 12.4. The Kier molecular flexibility index (Phi) is 5.69. The molecule has 5 heteroatoms. The zero-order valence-electron chi connectivity index (χ0n) is 13.7. The van der Waals surface area contributed by atoms with Gasteiger partial charge < -0.3 is 9.80 Å². The van der Waals surface area contributed by atoms with Crippen molar-refractivity contribution in [3.8, 4) is 0 Å². The molecule has 0 unspecified atom stereocenters. The minimum atomic E-state index is 0.208. The summed E-state index contributed by atoms with van der Waals surface area (Å²) in [6, 6.07) is 16.2. The molecule has 2 aromatic carbocycles. The molecule has 1 fully saturated rings. The fraction of sp³-hybridized carbons (Fsp3) is 0.316. The van der Waals surface area contributed by atoms with Crippen LogP contribution in [0.1, 0.15) is 5.56 Å². The first-order chi connectivity index (χ1) is 11.6. The van der Waals surface area contributed by atoms with E-state index in [1.807, 2.05) is 29.2 Å². The van der Waals surface area contributed by atoms with E-state index in [9.17, 15) is 4.79 Å². The fourth-order valence-electron chi connectivity index (χ4n) is 2.78. The number of para-hydroxylation sites is 1. The normalized spacial score (nSPS) is 14.8. The Morgan fingerprint density at radius 2 is 1.71 bits per heavy atom. The van der Waals surface area contributed by atoms with Crippen molar-refractivity contribution >= 4 is 35.0 Å². The van der Waals surface area contributed by atoms with Gasteiger partial charge in [-0.1, -0.05) is 41.4 Å². The quantitative estimate of drug-likeness (QED) is 0.767. The van der Waals surface area contributed by atoms with Crippen molar-refractivity contribution in [1.29, 1.82) is 0 Å². The second-order valence-electron chi connectivity index (χ2n) is 5.92. The Morgan fingerprint density at radius 3 is 2.38 bits per heavy atom. The van der Waals surface area contributed by atoms with Crippen LogP contribution in [-0.4, -0.2) is 42.7 Å². The molecule has 1 heterocycles. The van der Waals surface area contributed by atoms with Crippen LogP contribution in [0.25, 0.3) is 0 Å². The molecule has 1 saturated heterocycles. The lowest BCUT2D eigenvalue weighted by molar-refractivity contribution is -0.128. The van der Waals surface area contributed by atoms with Crippen LogP contribution in [0.15, 0.2) is 53.4 Å². The minimum Gasteiger partial charge on any atom is -0.367 e. The molecular weight excluding hydrogens is 340 g/mol. The molecular formula is C19H21ClN2OS. The van der Waals surface area contributed by atoms with Gasteiger partial charge in [0.15, 0.2) is 0 Å². The first kappa shape index (κ1) is 17.2. The summed E-state index contributed by atoms with van der Waals surface area (Å²) in [5.41, 5.74) is 2.29. The Labute approximate surface area is 152 Å². The number of aryl methyl sites for hydroxylation is 1. The highest BCUT2D eigenvalue weighted by atomic mass is 35.5. The van der Waals surface area contributed by atoms with Crippen molar-refractivity contribution in [3.63, 3.8) is 0 Å². The third kappa shape index (κ3) is 4.25. The van der Waals surface area contributed by atoms with Gasteiger partial charge >= 0.3 is 0 Å². The summed E-state index contributed by atoms with van der Waals surface area (Å²) >= 11 is 7.86. The Balaban J connectivity index is 1.50. The smallest absolute Gasteiger partial charge is 0.233 e. The number of benzene rings is 2. The van der Waals surface area contributed by atoms with Gasteiger partial charge in [-0.2, -0.15) is 0 Å². The molecule has 0 aliphatic carbocycles. The van der Waals surface area contributed by atoms with E-state index in [4.69, 9.17) is 11.6 Å². The second-order valence-corrected chi connectivity index (χ2v) is 7.38. The van der Waals surface area contributed by atoms with Crippen LogP contribution in [0.5, 0.6) is 0 Å². The number of amides is 1. The van der Waals surface area contributed by atoms with Crippen LogP contribution in [0, 0.1) is 6.92 Å². The topological polar surface area (TPSA) is 23.6 Å². The standard InChI is InChI=1S/C19H21ClN2OS/c1-15-6-8-16(9-7-15)24-14-19(23)22-12-10-21(11-13-22)18-5-3-2-4-17(18)20/h2-9H,10-14H2,1H3. The van der Waals surface area contributed by atoms with Crippen molar-refractivity contribution in [3.05, 3.63) is 59.1 Å². The molecule has 24 heavy (non-hydrogen) atoms. The SMILES string of the molecule is Cc1ccc(SCC(=O)N2CCN(c3ccccc3Cl)CC2)cc1. The number of halogens is 1. The maximum Gasteiger partial charge on any atom is 0.233 e. The maximum atomic E-state index is 12.4. The zero-order chi connectivity index (χ0) is 16.9. The molecule has 3 rings (SSSR count). The van der Waals surface area contributed by atoms with Crippen molar-refractivity contribution in [1.82, 2.24) is 4.90 Å². The summed E-state index contributed by atoms with van der Waals surface area (Å²) in [7, 11) is 0. The number of anilines is 1. The summed E-state index contributed by atoms with van der Waals surface area (Å²) in [5.74, 6) is 0.703. The Morgan fingerprint density at radius 1 is 1.04 bits per heavy atom. The van der Waals surface area contributed by atoms with Crippen molar-refractivity contribution in [2.24, 2.45) is 0 Å². The molecule has 1 aliphatic rings. The highest BCUT2D eigenvalue weighted by molar-refractivity contribution is 8.00. The number of thioether (sulfide) groups is 1. The van der Waals surface area contributed by atoms with E-state index in [1.54, 1.807) is 11.8 Å². The van der Waals surface area contributed by atoms with Crippen molar-refractivity contribution < 1.29 is 4.79 Å². The molecule has 2 aromatic rings. The van der Waals surface area contributed by atoms with E-state index < -0.39 is 0 Å². The Bertz CT molecular complexity index is 697. The monoisotopic (exact) mass is 360 g/mol. The number of rotatable bonds is 4. The molecule has 0 aromatic heterocycles.